The number of hydrogen-bond acceptors (Lipinski definition) is 4. The molecule has 136 valence electrons. The van der Waals surface area contributed by atoms with E-state index in [0.29, 0.717) is 45.6 Å². The minimum Gasteiger partial charge on any atom is -0.465 e. The molecule has 1 saturated heterocycles. The first-order valence-corrected chi connectivity index (χ1v) is 8.26. The molecule has 1 heterocycles. The van der Waals surface area contributed by atoms with E-state index in [0.717, 1.165) is 5.56 Å². The van der Waals surface area contributed by atoms with E-state index in [9.17, 15) is 14.4 Å². The molecular weight excluding hydrogens is 326 g/mol. The highest BCUT2D eigenvalue weighted by atomic mass is 16.5. The van der Waals surface area contributed by atoms with Crippen LogP contribution >= 0.6 is 0 Å². The van der Waals surface area contributed by atoms with E-state index < -0.39 is 12.2 Å². The van der Waals surface area contributed by atoms with Crippen LogP contribution in [0.4, 0.5) is 9.59 Å². The highest BCUT2D eigenvalue weighted by Crippen LogP contribution is 2.05. The number of ether oxygens (including phenoxy) is 1. The second kappa shape index (κ2) is 9.51. The minimum absolute atomic E-state index is 0.0236. The minimum atomic E-state index is -0.953. The Bertz CT molecular complexity index is 585. The summed E-state index contributed by atoms with van der Waals surface area (Å²) in [5, 5.41) is 11.5. The molecule has 1 fully saturated rings. The van der Waals surface area contributed by atoms with E-state index in [-0.39, 0.29) is 12.5 Å². The van der Waals surface area contributed by atoms with Crippen molar-refractivity contribution in [3.63, 3.8) is 0 Å². The summed E-state index contributed by atoms with van der Waals surface area (Å²) in [6.07, 6.45) is -0.638. The van der Waals surface area contributed by atoms with Gasteiger partial charge in [0.05, 0.1) is 0 Å². The van der Waals surface area contributed by atoms with E-state index in [1.54, 1.807) is 4.90 Å². The van der Waals surface area contributed by atoms with Crippen LogP contribution in [0, 0.1) is 0 Å². The zero-order valence-electron chi connectivity index (χ0n) is 14.0. The van der Waals surface area contributed by atoms with Crippen LogP contribution in [0.1, 0.15) is 18.4 Å². The first-order chi connectivity index (χ1) is 12.1. The van der Waals surface area contributed by atoms with Crippen molar-refractivity contribution in [1.29, 1.82) is 0 Å². The number of alkyl carbamates (subject to hydrolysis) is 1. The predicted molar refractivity (Wildman–Crippen MR) is 90.0 cm³/mol. The third-order valence-electron chi connectivity index (χ3n) is 3.95. The first kappa shape index (κ1) is 18.6. The zero-order chi connectivity index (χ0) is 18.1. The topological polar surface area (TPSA) is 99.2 Å². The van der Waals surface area contributed by atoms with Crippen molar-refractivity contribution in [3.05, 3.63) is 35.9 Å². The van der Waals surface area contributed by atoms with E-state index >= 15 is 0 Å². The summed E-state index contributed by atoms with van der Waals surface area (Å²) in [5.74, 6) is -0.0236. The van der Waals surface area contributed by atoms with Crippen molar-refractivity contribution in [2.75, 3.05) is 32.7 Å². The van der Waals surface area contributed by atoms with Gasteiger partial charge in [0, 0.05) is 39.1 Å². The van der Waals surface area contributed by atoms with Gasteiger partial charge in [-0.25, -0.2) is 9.59 Å². The summed E-state index contributed by atoms with van der Waals surface area (Å²) in [6, 6.07) is 9.38. The quantitative estimate of drug-likeness (QED) is 0.759. The maximum Gasteiger partial charge on any atom is 0.407 e. The molecular formula is C17H23N3O5. The van der Waals surface area contributed by atoms with Crippen LogP contribution < -0.4 is 5.32 Å². The van der Waals surface area contributed by atoms with Crippen molar-refractivity contribution in [2.24, 2.45) is 0 Å². The van der Waals surface area contributed by atoms with E-state index in [2.05, 4.69) is 5.32 Å². The SMILES string of the molecule is O=C(NCCCC(=O)N1CCN(C(=O)O)CC1)OCc1ccccc1. The molecule has 0 saturated carbocycles. The number of piperazine rings is 1. The average molecular weight is 349 g/mol. The smallest absolute Gasteiger partial charge is 0.407 e. The summed E-state index contributed by atoms with van der Waals surface area (Å²) in [4.78, 5) is 37.4. The zero-order valence-corrected chi connectivity index (χ0v) is 14.0. The summed E-state index contributed by atoms with van der Waals surface area (Å²) in [6.45, 7) is 2.07. The Morgan fingerprint density at radius 3 is 2.32 bits per heavy atom. The second-order valence-electron chi connectivity index (χ2n) is 5.74. The molecule has 0 bridgehead atoms. The molecule has 3 amide bonds. The van der Waals surface area contributed by atoms with Gasteiger partial charge in [-0.3, -0.25) is 4.79 Å². The van der Waals surface area contributed by atoms with Crippen molar-refractivity contribution in [3.8, 4) is 0 Å². The van der Waals surface area contributed by atoms with Crippen LogP contribution in [0.3, 0.4) is 0 Å². The van der Waals surface area contributed by atoms with Gasteiger partial charge in [-0.1, -0.05) is 30.3 Å². The molecule has 0 unspecified atom stereocenters. The van der Waals surface area contributed by atoms with Crippen molar-refractivity contribution < 1.29 is 24.2 Å². The highest BCUT2D eigenvalue weighted by molar-refractivity contribution is 5.76. The van der Waals surface area contributed by atoms with Gasteiger partial charge in [0.2, 0.25) is 5.91 Å². The van der Waals surface area contributed by atoms with Gasteiger partial charge >= 0.3 is 12.2 Å². The van der Waals surface area contributed by atoms with Gasteiger partial charge in [0.1, 0.15) is 6.61 Å². The Hall–Kier alpha value is -2.77. The van der Waals surface area contributed by atoms with Gasteiger partial charge in [-0.15, -0.1) is 0 Å². The maximum atomic E-state index is 12.0. The Balaban J connectivity index is 1.55. The number of nitrogens with one attached hydrogen (secondary N) is 1. The molecule has 0 aliphatic carbocycles. The van der Waals surface area contributed by atoms with E-state index in [4.69, 9.17) is 9.84 Å². The lowest BCUT2D eigenvalue weighted by Gasteiger charge is -2.33. The standard InChI is InChI=1S/C17H23N3O5/c21-15(19-9-11-20(12-10-19)17(23)24)7-4-8-18-16(22)25-13-14-5-2-1-3-6-14/h1-3,5-6H,4,7-13H2,(H,18,22)(H,23,24). The van der Waals surface area contributed by atoms with Crippen molar-refractivity contribution >= 4 is 18.1 Å². The summed E-state index contributed by atoms with van der Waals surface area (Å²) < 4.78 is 5.08. The Kier molecular flexibility index (Phi) is 7.06. The van der Waals surface area contributed by atoms with Gasteiger partial charge in [0.25, 0.3) is 0 Å². The van der Waals surface area contributed by atoms with Crippen LogP contribution in [0.25, 0.3) is 0 Å². The molecule has 25 heavy (non-hydrogen) atoms. The molecule has 2 N–H and O–H groups in total. The van der Waals surface area contributed by atoms with Crippen LogP contribution in [0.15, 0.2) is 30.3 Å². The lowest BCUT2D eigenvalue weighted by atomic mass is 10.2. The molecule has 1 aliphatic rings. The number of benzene rings is 1. The van der Waals surface area contributed by atoms with Crippen LogP contribution in [0.2, 0.25) is 0 Å². The summed E-state index contributed by atoms with van der Waals surface area (Å²) in [5.41, 5.74) is 0.910. The number of hydrogen-bond donors (Lipinski definition) is 2. The van der Waals surface area contributed by atoms with Crippen LogP contribution in [-0.4, -0.2) is 65.7 Å². The van der Waals surface area contributed by atoms with Crippen LogP contribution in [-0.2, 0) is 16.1 Å². The molecule has 0 radical (unpaired) electrons. The number of carbonyl (C=O) groups excluding carboxylic acids is 2. The Morgan fingerprint density at radius 2 is 1.68 bits per heavy atom. The van der Waals surface area contributed by atoms with Crippen molar-refractivity contribution in [2.45, 2.75) is 19.4 Å². The molecule has 0 atom stereocenters. The van der Waals surface area contributed by atoms with Gasteiger partial charge in [0.15, 0.2) is 0 Å². The van der Waals surface area contributed by atoms with E-state index in [1.165, 1.54) is 4.90 Å². The third-order valence-corrected chi connectivity index (χ3v) is 3.95. The van der Waals surface area contributed by atoms with E-state index in [1.807, 2.05) is 30.3 Å². The fourth-order valence-electron chi connectivity index (χ4n) is 2.51. The monoisotopic (exact) mass is 349 g/mol. The third kappa shape index (κ3) is 6.33. The summed E-state index contributed by atoms with van der Waals surface area (Å²) >= 11 is 0. The molecule has 8 heteroatoms. The highest BCUT2D eigenvalue weighted by Gasteiger charge is 2.23. The number of rotatable bonds is 6. The molecule has 0 spiro atoms. The van der Waals surface area contributed by atoms with Gasteiger partial charge < -0.3 is 25.0 Å². The number of amides is 3. The Morgan fingerprint density at radius 1 is 1.04 bits per heavy atom. The van der Waals surface area contributed by atoms with Gasteiger partial charge in [-0.2, -0.15) is 0 Å². The average Bonchev–Trinajstić information content (AvgIpc) is 2.64. The Labute approximate surface area is 146 Å². The normalized spacial score (nSPS) is 14.1. The molecule has 2 rings (SSSR count). The fourth-order valence-corrected chi connectivity index (χ4v) is 2.51. The van der Waals surface area contributed by atoms with Gasteiger partial charge in [-0.05, 0) is 12.0 Å². The molecule has 1 aliphatic heterocycles. The number of carbonyl (C=O) groups is 3. The molecule has 0 aromatic heterocycles. The number of nitrogens with zero attached hydrogens (tertiary/aromatic N) is 2. The number of carboxylic acid groups (broad SMARTS) is 1. The van der Waals surface area contributed by atoms with Crippen LogP contribution in [0.5, 0.6) is 0 Å². The second-order valence-corrected chi connectivity index (χ2v) is 5.74. The lowest BCUT2D eigenvalue weighted by molar-refractivity contribution is -0.132. The first-order valence-electron chi connectivity index (χ1n) is 8.26. The predicted octanol–water partition coefficient (Wildman–Crippen LogP) is 1.52. The molecule has 8 nitrogen and oxygen atoms in total. The maximum absolute atomic E-state index is 12.0. The summed E-state index contributed by atoms with van der Waals surface area (Å²) in [7, 11) is 0. The lowest BCUT2D eigenvalue weighted by Crippen LogP contribution is -2.50. The fraction of sp³-hybridized carbons (Fsp3) is 0.471. The molecule has 1 aromatic rings. The van der Waals surface area contributed by atoms with Crippen molar-refractivity contribution in [1.82, 2.24) is 15.1 Å². The molecule has 1 aromatic carbocycles. The largest absolute Gasteiger partial charge is 0.465 e.